The number of ether oxygens (including phenoxy) is 2. The Morgan fingerprint density at radius 1 is 1.16 bits per heavy atom. The molecule has 0 fully saturated rings. The van der Waals surface area contributed by atoms with Crippen LogP contribution in [0.3, 0.4) is 0 Å². The third-order valence-corrected chi connectivity index (χ3v) is 5.12. The second-order valence-corrected chi connectivity index (χ2v) is 7.88. The number of amides is 1. The monoisotopic (exact) mass is 418 g/mol. The van der Waals surface area contributed by atoms with Crippen LogP contribution in [0.4, 0.5) is 5.82 Å². The molecule has 0 saturated carbocycles. The highest BCUT2D eigenvalue weighted by Crippen LogP contribution is 2.37. The topological polar surface area (TPSA) is 96.1 Å². The zero-order valence-corrected chi connectivity index (χ0v) is 17.5. The van der Waals surface area contributed by atoms with Crippen molar-refractivity contribution in [2.24, 2.45) is 13.0 Å². The number of carbonyl (C=O) groups is 1. The van der Waals surface area contributed by atoms with Gasteiger partial charge in [-0.1, -0.05) is 19.9 Å². The van der Waals surface area contributed by atoms with E-state index in [9.17, 15) is 4.79 Å². The molecule has 1 aromatic carbocycles. The van der Waals surface area contributed by atoms with Crippen LogP contribution in [0.25, 0.3) is 22.2 Å². The minimum absolute atomic E-state index is 0.224. The van der Waals surface area contributed by atoms with E-state index in [4.69, 9.17) is 9.47 Å². The summed E-state index contributed by atoms with van der Waals surface area (Å²) in [5, 5.41) is 12.4. The van der Waals surface area contributed by atoms with Gasteiger partial charge in [0.1, 0.15) is 5.69 Å². The maximum absolute atomic E-state index is 12.8. The normalized spacial score (nSPS) is 12.6. The summed E-state index contributed by atoms with van der Waals surface area (Å²) in [6.45, 7) is 5.14. The van der Waals surface area contributed by atoms with Gasteiger partial charge in [0.2, 0.25) is 6.79 Å². The van der Waals surface area contributed by atoms with Crippen molar-refractivity contribution in [2.45, 2.75) is 20.4 Å². The Balaban J connectivity index is 1.57. The number of nitrogens with one attached hydrogen (secondary N) is 1. The molecule has 9 nitrogen and oxygen atoms in total. The molecular formula is C22H22N6O3. The molecule has 3 aromatic heterocycles. The molecule has 1 N–H and O–H groups in total. The Kier molecular flexibility index (Phi) is 4.58. The van der Waals surface area contributed by atoms with Gasteiger partial charge < -0.3 is 14.8 Å². The first kappa shape index (κ1) is 19.1. The van der Waals surface area contributed by atoms with Crippen LogP contribution in [-0.4, -0.2) is 37.2 Å². The summed E-state index contributed by atoms with van der Waals surface area (Å²) < 4.78 is 14.3. The summed E-state index contributed by atoms with van der Waals surface area (Å²) in [7, 11) is 1.73. The minimum Gasteiger partial charge on any atom is -0.454 e. The van der Waals surface area contributed by atoms with Crippen LogP contribution in [0.5, 0.6) is 11.5 Å². The second-order valence-electron chi connectivity index (χ2n) is 7.88. The molecule has 4 heterocycles. The van der Waals surface area contributed by atoms with Crippen LogP contribution in [0, 0.1) is 5.92 Å². The largest absolute Gasteiger partial charge is 0.454 e. The van der Waals surface area contributed by atoms with E-state index in [0.717, 1.165) is 27.9 Å². The molecule has 0 saturated heterocycles. The van der Waals surface area contributed by atoms with Crippen LogP contribution < -0.4 is 14.8 Å². The van der Waals surface area contributed by atoms with Crippen molar-refractivity contribution in [2.75, 3.05) is 12.1 Å². The van der Waals surface area contributed by atoms with Crippen molar-refractivity contribution in [1.29, 1.82) is 0 Å². The molecule has 0 spiro atoms. The molecule has 0 bridgehead atoms. The number of aryl methyl sites for hydroxylation is 1. The SMILES string of the molecule is CC(C)Cn1nc(NC(=O)c2ccnn2C)c2cc(-c3ccc4c(c3)OCO4)cnc21. The number of nitrogens with zero attached hydrogens (tertiary/aromatic N) is 5. The summed E-state index contributed by atoms with van der Waals surface area (Å²) >= 11 is 0. The molecule has 1 aliphatic heterocycles. The molecule has 158 valence electrons. The van der Waals surface area contributed by atoms with E-state index in [2.05, 4.69) is 34.3 Å². The molecular weight excluding hydrogens is 396 g/mol. The van der Waals surface area contributed by atoms with Crippen LogP contribution >= 0.6 is 0 Å². The lowest BCUT2D eigenvalue weighted by atomic mass is 10.1. The van der Waals surface area contributed by atoms with Gasteiger partial charge in [-0.2, -0.15) is 10.2 Å². The number of carbonyl (C=O) groups excluding carboxylic acids is 1. The number of rotatable bonds is 5. The Morgan fingerprint density at radius 2 is 2.00 bits per heavy atom. The predicted octanol–water partition coefficient (Wildman–Crippen LogP) is 3.47. The fraction of sp³-hybridized carbons (Fsp3) is 0.273. The molecule has 4 aromatic rings. The van der Waals surface area contributed by atoms with Gasteiger partial charge in [-0.25, -0.2) is 9.67 Å². The zero-order valence-electron chi connectivity index (χ0n) is 17.5. The van der Waals surface area contributed by atoms with Gasteiger partial charge in [-0.05, 0) is 35.7 Å². The fourth-order valence-electron chi connectivity index (χ4n) is 3.63. The number of pyridine rings is 1. The average molecular weight is 418 g/mol. The molecule has 0 unspecified atom stereocenters. The van der Waals surface area contributed by atoms with Gasteiger partial charge in [0, 0.05) is 31.5 Å². The van der Waals surface area contributed by atoms with Crippen LogP contribution in [0.2, 0.25) is 0 Å². The molecule has 5 rings (SSSR count). The first-order valence-electron chi connectivity index (χ1n) is 10.1. The van der Waals surface area contributed by atoms with Crippen LogP contribution in [-0.2, 0) is 13.6 Å². The Bertz CT molecular complexity index is 1290. The van der Waals surface area contributed by atoms with E-state index in [1.54, 1.807) is 19.3 Å². The van der Waals surface area contributed by atoms with E-state index in [1.807, 2.05) is 35.1 Å². The number of benzene rings is 1. The lowest BCUT2D eigenvalue weighted by Gasteiger charge is -2.06. The molecule has 1 amide bonds. The highest BCUT2D eigenvalue weighted by atomic mass is 16.7. The third kappa shape index (κ3) is 3.48. The maximum atomic E-state index is 12.8. The van der Waals surface area contributed by atoms with Crippen LogP contribution in [0.15, 0.2) is 42.7 Å². The second kappa shape index (κ2) is 7.42. The molecule has 9 heteroatoms. The standard InChI is InChI=1S/C22H22N6O3/c1-13(2)11-28-21-16(20(26-28)25-22(29)17-6-7-24-27(17)3)8-15(10-23-21)14-4-5-18-19(9-14)31-12-30-18/h4-10,13H,11-12H2,1-3H3,(H,25,26,29). The van der Waals surface area contributed by atoms with Crippen molar-refractivity contribution in [1.82, 2.24) is 24.5 Å². The minimum atomic E-state index is -0.274. The number of fused-ring (bicyclic) bond motifs is 2. The number of hydrogen-bond donors (Lipinski definition) is 1. The van der Waals surface area contributed by atoms with Crippen molar-refractivity contribution >= 4 is 22.8 Å². The van der Waals surface area contributed by atoms with E-state index in [0.29, 0.717) is 29.7 Å². The van der Waals surface area contributed by atoms with Crippen LogP contribution in [0.1, 0.15) is 24.3 Å². The highest BCUT2D eigenvalue weighted by Gasteiger charge is 2.19. The van der Waals surface area contributed by atoms with Crippen molar-refractivity contribution in [3.8, 4) is 22.6 Å². The molecule has 0 radical (unpaired) electrons. The van der Waals surface area contributed by atoms with E-state index < -0.39 is 0 Å². The van der Waals surface area contributed by atoms with Gasteiger partial charge in [0.25, 0.3) is 5.91 Å². The maximum Gasteiger partial charge on any atom is 0.275 e. The van der Waals surface area contributed by atoms with E-state index in [1.165, 1.54) is 4.68 Å². The molecule has 0 atom stereocenters. The van der Waals surface area contributed by atoms with Crippen molar-refractivity contribution < 1.29 is 14.3 Å². The van der Waals surface area contributed by atoms with Gasteiger partial charge in [-0.15, -0.1) is 0 Å². The summed E-state index contributed by atoms with van der Waals surface area (Å²) in [5.41, 5.74) is 3.01. The van der Waals surface area contributed by atoms with Gasteiger partial charge in [0.15, 0.2) is 23.0 Å². The van der Waals surface area contributed by atoms with Crippen molar-refractivity contribution in [3.63, 3.8) is 0 Å². The Morgan fingerprint density at radius 3 is 2.77 bits per heavy atom. The summed E-state index contributed by atoms with van der Waals surface area (Å²) in [6.07, 6.45) is 3.40. The van der Waals surface area contributed by atoms with E-state index in [-0.39, 0.29) is 12.7 Å². The summed E-state index contributed by atoms with van der Waals surface area (Å²) in [4.78, 5) is 17.5. The molecule has 0 aliphatic carbocycles. The predicted molar refractivity (Wildman–Crippen MR) is 115 cm³/mol. The molecule has 1 aliphatic rings. The molecule has 31 heavy (non-hydrogen) atoms. The summed E-state index contributed by atoms with van der Waals surface area (Å²) in [6, 6.07) is 9.43. The van der Waals surface area contributed by atoms with Crippen molar-refractivity contribution in [3.05, 3.63) is 48.4 Å². The average Bonchev–Trinajstić information content (AvgIpc) is 3.46. The Labute approximate surface area is 178 Å². The number of aromatic nitrogens is 5. The zero-order chi connectivity index (χ0) is 21.5. The number of anilines is 1. The fourth-order valence-corrected chi connectivity index (χ4v) is 3.63. The first-order valence-corrected chi connectivity index (χ1v) is 10.1. The summed E-state index contributed by atoms with van der Waals surface area (Å²) in [5.74, 6) is 2.00. The quantitative estimate of drug-likeness (QED) is 0.533. The third-order valence-electron chi connectivity index (χ3n) is 5.12. The lowest BCUT2D eigenvalue weighted by Crippen LogP contribution is -2.17. The highest BCUT2D eigenvalue weighted by molar-refractivity contribution is 6.07. The lowest BCUT2D eigenvalue weighted by molar-refractivity contribution is 0.101. The number of hydrogen-bond acceptors (Lipinski definition) is 6. The van der Waals surface area contributed by atoms with Gasteiger partial charge >= 0.3 is 0 Å². The smallest absolute Gasteiger partial charge is 0.275 e. The first-order chi connectivity index (χ1) is 15.0. The Hall–Kier alpha value is -3.88. The van der Waals surface area contributed by atoms with Gasteiger partial charge in [0.05, 0.1) is 5.39 Å². The van der Waals surface area contributed by atoms with E-state index >= 15 is 0 Å². The van der Waals surface area contributed by atoms with Gasteiger partial charge in [-0.3, -0.25) is 9.48 Å².